The van der Waals surface area contributed by atoms with E-state index in [0.717, 1.165) is 25.6 Å². The van der Waals surface area contributed by atoms with Gasteiger partial charge in [-0.3, -0.25) is 4.99 Å². The molecule has 0 amide bonds. The summed E-state index contributed by atoms with van der Waals surface area (Å²) < 4.78 is 0.331. The first-order chi connectivity index (χ1) is 11.0. The largest absolute Gasteiger partial charge is 0.356 e. The van der Waals surface area contributed by atoms with Gasteiger partial charge in [-0.15, -0.1) is 24.0 Å². The predicted octanol–water partition coefficient (Wildman–Crippen LogP) is 2.03. The molecule has 2 aliphatic heterocycles. The molecule has 7 heteroatoms. The van der Waals surface area contributed by atoms with E-state index in [1.807, 2.05) is 7.05 Å². The van der Waals surface area contributed by atoms with E-state index in [9.17, 15) is 0 Å². The minimum Gasteiger partial charge on any atom is -0.356 e. The maximum Gasteiger partial charge on any atom is 0.193 e. The Morgan fingerprint density at radius 2 is 1.83 bits per heavy atom. The maximum atomic E-state index is 4.48. The second-order valence-electron chi connectivity index (χ2n) is 7.36. The van der Waals surface area contributed by atoms with Crippen molar-refractivity contribution < 1.29 is 0 Å². The molecular formula is C17H36IN5S. The molecule has 2 heterocycles. The third kappa shape index (κ3) is 7.66. The lowest BCUT2D eigenvalue weighted by Gasteiger charge is -2.39. The number of rotatable bonds is 5. The standard InChI is InChI=1S/C17H35N5S.HI/c1-17(2)15-22(13-14-23-17)16(18-3)19-7-5-6-8-21-11-9-20(4)10-12-21;/h5-15H2,1-4H3,(H,18,19);1H. The van der Waals surface area contributed by atoms with Gasteiger partial charge in [-0.1, -0.05) is 0 Å². The monoisotopic (exact) mass is 469 g/mol. The van der Waals surface area contributed by atoms with Gasteiger partial charge in [-0.05, 0) is 40.3 Å². The molecule has 0 saturated carbocycles. The highest BCUT2D eigenvalue weighted by molar-refractivity contribution is 14.0. The average Bonchev–Trinajstić information content (AvgIpc) is 2.51. The number of nitrogens with one attached hydrogen (secondary N) is 1. The molecule has 2 aliphatic rings. The van der Waals surface area contributed by atoms with Crippen LogP contribution in [0.3, 0.4) is 0 Å². The van der Waals surface area contributed by atoms with Crippen LogP contribution in [0.4, 0.5) is 0 Å². The Morgan fingerprint density at radius 1 is 1.12 bits per heavy atom. The fourth-order valence-corrected chi connectivity index (χ4v) is 4.37. The smallest absolute Gasteiger partial charge is 0.193 e. The van der Waals surface area contributed by atoms with Gasteiger partial charge in [-0.2, -0.15) is 11.8 Å². The summed E-state index contributed by atoms with van der Waals surface area (Å²) in [6.07, 6.45) is 2.49. The van der Waals surface area contributed by atoms with Gasteiger partial charge in [0, 0.05) is 63.4 Å². The number of likely N-dealkylation sites (N-methyl/N-ethyl adjacent to an activating group) is 1. The maximum absolute atomic E-state index is 4.48. The number of guanidine groups is 1. The summed E-state index contributed by atoms with van der Waals surface area (Å²) in [5.74, 6) is 2.27. The quantitative estimate of drug-likeness (QED) is 0.289. The zero-order chi connectivity index (χ0) is 16.7. The van der Waals surface area contributed by atoms with Gasteiger partial charge in [-0.25, -0.2) is 0 Å². The summed E-state index contributed by atoms with van der Waals surface area (Å²) in [6, 6.07) is 0. The van der Waals surface area contributed by atoms with Crippen molar-refractivity contribution in [3.8, 4) is 0 Å². The zero-order valence-corrected chi connectivity index (χ0v) is 19.0. The van der Waals surface area contributed by atoms with Crippen molar-refractivity contribution in [3.63, 3.8) is 0 Å². The second kappa shape index (κ2) is 11.1. The molecular weight excluding hydrogens is 433 g/mol. The van der Waals surface area contributed by atoms with Crippen molar-refractivity contribution in [2.75, 3.05) is 72.2 Å². The summed E-state index contributed by atoms with van der Waals surface area (Å²) in [7, 11) is 4.12. The highest BCUT2D eigenvalue weighted by Gasteiger charge is 2.28. The SMILES string of the molecule is CN=C(NCCCCN1CCN(C)CC1)N1CCSC(C)(C)C1.I. The molecule has 0 radical (unpaired) electrons. The average molecular weight is 469 g/mol. The molecule has 24 heavy (non-hydrogen) atoms. The van der Waals surface area contributed by atoms with Crippen LogP contribution in [0.1, 0.15) is 26.7 Å². The lowest BCUT2D eigenvalue weighted by Crippen LogP contribution is -2.51. The van der Waals surface area contributed by atoms with Crippen molar-refractivity contribution >= 4 is 41.7 Å². The van der Waals surface area contributed by atoms with Gasteiger partial charge < -0.3 is 20.0 Å². The van der Waals surface area contributed by atoms with Crippen LogP contribution < -0.4 is 5.32 Å². The molecule has 0 aromatic carbocycles. The molecule has 2 rings (SSSR count). The molecule has 0 spiro atoms. The van der Waals surface area contributed by atoms with Crippen LogP contribution >= 0.6 is 35.7 Å². The van der Waals surface area contributed by atoms with Crippen LogP contribution in [0.2, 0.25) is 0 Å². The van der Waals surface area contributed by atoms with Crippen molar-refractivity contribution in [1.82, 2.24) is 20.0 Å². The van der Waals surface area contributed by atoms with E-state index in [-0.39, 0.29) is 24.0 Å². The number of nitrogens with zero attached hydrogens (tertiary/aromatic N) is 4. The molecule has 5 nitrogen and oxygen atoms in total. The number of hydrogen-bond donors (Lipinski definition) is 1. The Balaban J connectivity index is 0.00000288. The van der Waals surface area contributed by atoms with Crippen LogP contribution in [-0.4, -0.2) is 97.6 Å². The summed E-state index contributed by atoms with van der Waals surface area (Å²) in [5.41, 5.74) is 0. The van der Waals surface area contributed by atoms with Gasteiger partial charge in [0.05, 0.1) is 0 Å². The van der Waals surface area contributed by atoms with Gasteiger partial charge in [0.1, 0.15) is 0 Å². The Hall–Kier alpha value is 0.270. The molecule has 142 valence electrons. The molecule has 0 atom stereocenters. The highest BCUT2D eigenvalue weighted by atomic mass is 127. The second-order valence-corrected chi connectivity index (χ2v) is 9.16. The molecule has 0 aromatic rings. The van der Waals surface area contributed by atoms with E-state index in [0.29, 0.717) is 4.75 Å². The van der Waals surface area contributed by atoms with E-state index in [4.69, 9.17) is 0 Å². The summed E-state index contributed by atoms with van der Waals surface area (Å²) >= 11 is 2.07. The molecule has 0 aliphatic carbocycles. The number of aliphatic imine (C=N–C) groups is 1. The van der Waals surface area contributed by atoms with E-state index >= 15 is 0 Å². The number of unbranched alkanes of at least 4 members (excludes halogenated alkanes) is 1. The number of piperazine rings is 1. The number of thioether (sulfide) groups is 1. The first kappa shape index (κ1) is 22.3. The minimum absolute atomic E-state index is 0. The Labute approximate surface area is 170 Å². The van der Waals surface area contributed by atoms with Gasteiger partial charge in [0.25, 0.3) is 0 Å². The highest BCUT2D eigenvalue weighted by Crippen LogP contribution is 2.29. The van der Waals surface area contributed by atoms with E-state index in [2.05, 4.69) is 57.7 Å². The molecule has 0 bridgehead atoms. The Bertz CT molecular complexity index is 383. The number of halogens is 1. The van der Waals surface area contributed by atoms with Gasteiger partial charge >= 0.3 is 0 Å². The normalized spacial score (nSPS) is 23.0. The fourth-order valence-electron chi connectivity index (χ4n) is 3.26. The zero-order valence-electron chi connectivity index (χ0n) is 15.9. The first-order valence-corrected chi connectivity index (χ1v) is 9.99. The van der Waals surface area contributed by atoms with Crippen molar-refractivity contribution in [2.45, 2.75) is 31.4 Å². The molecule has 1 N–H and O–H groups in total. The summed E-state index contributed by atoms with van der Waals surface area (Å²) in [5, 5.41) is 3.56. The van der Waals surface area contributed by atoms with Crippen LogP contribution in [-0.2, 0) is 0 Å². The van der Waals surface area contributed by atoms with E-state index in [1.165, 1.54) is 51.3 Å². The van der Waals surface area contributed by atoms with Crippen LogP contribution in [0, 0.1) is 0 Å². The Kier molecular flexibility index (Phi) is 10.3. The molecule has 0 unspecified atom stereocenters. The van der Waals surface area contributed by atoms with Crippen LogP contribution in [0.25, 0.3) is 0 Å². The van der Waals surface area contributed by atoms with E-state index < -0.39 is 0 Å². The van der Waals surface area contributed by atoms with Crippen LogP contribution in [0.5, 0.6) is 0 Å². The minimum atomic E-state index is 0. The first-order valence-electron chi connectivity index (χ1n) is 9.01. The van der Waals surface area contributed by atoms with Crippen molar-refractivity contribution in [2.24, 2.45) is 4.99 Å². The molecule has 2 fully saturated rings. The van der Waals surface area contributed by atoms with E-state index in [1.54, 1.807) is 0 Å². The lowest BCUT2D eigenvalue weighted by molar-refractivity contribution is 0.152. The lowest BCUT2D eigenvalue weighted by atomic mass is 10.2. The van der Waals surface area contributed by atoms with Crippen molar-refractivity contribution in [1.29, 1.82) is 0 Å². The summed E-state index contributed by atoms with van der Waals surface area (Å²) in [4.78, 5) is 11.9. The van der Waals surface area contributed by atoms with Gasteiger partial charge in [0.15, 0.2) is 5.96 Å². The number of hydrogen-bond acceptors (Lipinski definition) is 4. The van der Waals surface area contributed by atoms with Gasteiger partial charge in [0.2, 0.25) is 0 Å². The van der Waals surface area contributed by atoms with Crippen molar-refractivity contribution in [3.05, 3.63) is 0 Å². The topological polar surface area (TPSA) is 34.1 Å². The third-order valence-electron chi connectivity index (χ3n) is 4.72. The summed E-state index contributed by atoms with van der Waals surface area (Å²) in [6.45, 7) is 14.0. The predicted molar refractivity (Wildman–Crippen MR) is 118 cm³/mol. The third-order valence-corrected chi connectivity index (χ3v) is 6.01. The molecule has 0 aromatic heterocycles. The Morgan fingerprint density at radius 3 is 2.46 bits per heavy atom. The molecule has 2 saturated heterocycles. The van der Waals surface area contributed by atoms with Crippen LogP contribution in [0.15, 0.2) is 4.99 Å². The fraction of sp³-hybridized carbons (Fsp3) is 0.941.